The normalized spacial score (nSPS) is 10.6. The van der Waals surface area contributed by atoms with Crippen LogP contribution in [0.1, 0.15) is 6.42 Å². The molecule has 0 amide bonds. The number of fused-ring (bicyclic) bond motifs is 1. The van der Waals surface area contributed by atoms with Crippen LogP contribution < -0.4 is 9.47 Å². The quantitative estimate of drug-likeness (QED) is 0.652. The zero-order valence-corrected chi connectivity index (χ0v) is 11.9. The van der Waals surface area contributed by atoms with Crippen LogP contribution in [0.3, 0.4) is 0 Å². The van der Waals surface area contributed by atoms with Crippen molar-refractivity contribution in [3.05, 3.63) is 60.7 Å². The third-order valence-electron chi connectivity index (χ3n) is 3.13. The van der Waals surface area contributed by atoms with E-state index >= 15 is 0 Å². The van der Waals surface area contributed by atoms with Gasteiger partial charge in [0.1, 0.15) is 6.33 Å². The molecule has 0 saturated heterocycles. The van der Waals surface area contributed by atoms with E-state index in [2.05, 4.69) is 9.97 Å². The molecule has 2 aromatic carbocycles. The maximum atomic E-state index is 13.4. The maximum absolute atomic E-state index is 13.4. The lowest BCUT2D eigenvalue weighted by Gasteiger charge is -2.09. The maximum Gasteiger partial charge on any atom is 0.224 e. The van der Waals surface area contributed by atoms with Gasteiger partial charge in [-0.3, -0.25) is 0 Å². The van der Waals surface area contributed by atoms with Crippen molar-refractivity contribution >= 4 is 10.9 Å². The van der Waals surface area contributed by atoms with E-state index < -0.39 is 0 Å². The Labute approximate surface area is 127 Å². The Morgan fingerprint density at radius 3 is 2.55 bits per heavy atom. The third-order valence-corrected chi connectivity index (χ3v) is 3.13. The van der Waals surface area contributed by atoms with Crippen LogP contribution in [0.2, 0.25) is 0 Å². The van der Waals surface area contributed by atoms with Crippen LogP contribution in [-0.4, -0.2) is 23.2 Å². The van der Waals surface area contributed by atoms with Crippen LogP contribution in [0.25, 0.3) is 10.9 Å². The van der Waals surface area contributed by atoms with Crippen molar-refractivity contribution < 1.29 is 13.9 Å². The smallest absolute Gasteiger partial charge is 0.224 e. The fraction of sp³-hybridized carbons (Fsp3) is 0.176. The molecule has 0 saturated carbocycles. The summed E-state index contributed by atoms with van der Waals surface area (Å²) in [5, 5.41) is 0.875. The second-order valence-electron chi connectivity index (χ2n) is 4.68. The lowest BCUT2D eigenvalue weighted by Crippen LogP contribution is -2.06. The van der Waals surface area contributed by atoms with E-state index in [0.717, 1.165) is 10.9 Å². The molecule has 0 unspecified atom stereocenters. The SMILES string of the molecule is Fc1ccccc1OCCCOc1ncnc2ccccc12. The standard InChI is InChI=1S/C17H15FN2O2/c18-14-7-2-4-9-16(14)21-10-5-11-22-17-13-6-1-3-8-15(13)19-12-20-17/h1-4,6-9,12H,5,10-11H2. The fourth-order valence-corrected chi connectivity index (χ4v) is 2.07. The minimum atomic E-state index is -0.356. The Hall–Kier alpha value is -2.69. The highest BCUT2D eigenvalue weighted by Crippen LogP contribution is 2.20. The van der Waals surface area contributed by atoms with Gasteiger partial charge in [0, 0.05) is 6.42 Å². The number of benzene rings is 2. The number of para-hydroxylation sites is 2. The Kier molecular flexibility index (Phi) is 4.44. The minimum Gasteiger partial charge on any atom is -0.490 e. The van der Waals surface area contributed by atoms with E-state index in [1.54, 1.807) is 18.2 Å². The molecule has 0 N–H and O–H groups in total. The van der Waals surface area contributed by atoms with Crippen LogP contribution in [0.5, 0.6) is 11.6 Å². The van der Waals surface area contributed by atoms with E-state index in [4.69, 9.17) is 9.47 Å². The summed E-state index contributed by atoms with van der Waals surface area (Å²) in [6, 6.07) is 14.0. The Balaban J connectivity index is 1.52. The van der Waals surface area contributed by atoms with E-state index in [-0.39, 0.29) is 11.6 Å². The first-order valence-electron chi connectivity index (χ1n) is 7.04. The van der Waals surface area contributed by atoms with Crippen molar-refractivity contribution in [1.82, 2.24) is 9.97 Å². The number of halogens is 1. The summed E-state index contributed by atoms with van der Waals surface area (Å²) in [6.07, 6.45) is 2.11. The molecule has 0 aliphatic rings. The number of hydrogen-bond donors (Lipinski definition) is 0. The molecule has 0 atom stereocenters. The van der Waals surface area contributed by atoms with Gasteiger partial charge in [0.05, 0.1) is 24.1 Å². The molecule has 0 fully saturated rings. The molecule has 112 valence electrons. The first-order chi connectivity index (χ1) is 10.8. The summed E-state index contributed by atoms with van der Waals surface area (Å²) in [5.41, 5.74) is 0.843. The monoisotopic (exact) mass is 298 g/mol. The minimum absolute atomic E-state index is 0.259. The third kappa shape index (κ3) is 3.31. The van der Waals surface area contributed by atoms with Gasteiger partial charge in [-0.2, -0.15) is 0 Å². The lowest BCUT2D eigenvalue weighted by molar-refractivity contribution is 0.238. The van der Waals surface area contributed by atoms with E-state index in [1.165, 1.54) is 12.4 Å². The summed E-state index contributed by atoms with van der Waals surface area (Å²) in [5.74, 6) is 0.455. The predicted molar refractivity (Wildman–Crippen MR) is 81.5 cm³/mol. The van der Waals surface area contributed by atoms with Gasteiger partial charge in [-0.05, 0) is 24.3 Å². The number of hydrogen-bond acceptors (Lipinski definition) is 4. The van der Waals surface area contributed by atoms with Crippen molar-refractivity contribution in [3.63, 3.8) is 0 Å². The molecule has 4 nitrogen and oxygen atoms in total. The number of nitrogens with zero attached hydrogens (tertiary/aromatic N) is 2. The lowest BCUT2D eigenvalue weighted by atomic mass is 10.2. The Morgan fingerprint density at radius 2 is 1.64 bits per heavy atom. The molecule has 0 aliphatic heterocycles. The highest BCUT2D eigenvalue weighted by molar-refractivity contribution is 5.82. The van der Waals surface area contributed by atoms with E-state index in [1.807, 2.05) is 24.3 Å². The molecular formula is C17H15FN2O2. The van der Waals surface area contributed by atoms with Crippen LogP contribution in [0, 0.1) is 5.82 Å². The second kappa shape index (κ2) is 6.85. The highest BCUT2D eigenvalue weighted by Gasteiger charge is 2.04. The van der Waals surface area contributed by atoms with Gasteiger partial charge in [-0.15, -0.1) is 0 Å². The molecule has 3 aromatic rings. The largest absolute Gasteiger partial charge is 0.490 e. The van der Waals surface area contributed by atoms with Gasteiger partial charge >= 0.3 is 0 Å². The summed E-state index contributed by atoms with van der Waals surface area (Å²) < 4.78 is 24.4. The molecule has 0 radical (unpaired) electrons. The number of aromatic nitrogens is 2. The summed E-state index contributed by atoms with van der Waals surface area (Å²) in [6.45, 7) is 0.819. The summed E-state index contributed by atoms with van der Waals surface area (Å²) in [4.78, 5) is 8.32. The van der Waals surface area contributed by atoms with E-state index in [0.29, 0.717) is 25.5 Å². The highest BCUT2D eigenvalue weighted by atomic mass is 19.1. The van der Waals surface area contributed by atoms with Gasteiger partial charge in [-0.25, -0.2) is 14.4 Å². The number of rotatable bonds is 6. The van der Waals surface area contributed by atoms with Gasteiger partial charge in [0.2, 0.25) is 5.88 Å². The molecule has 1 heterocycles. The molecule has 0 spiro atoms. The zero-order chi connectivity index (χ0) is 15.2. The average Bonchev–Trinajstić information content (AvgIpc) is 2.56. The molecule has 0 aliphatic carbocycles. The first kappa shape index (κ1) is 14.3. The first-order valence-corrected chi connectivity index (χ1v) is 7.04. The van der Waals surface area contributed by atoms with Crippen molar-refractivity contribution in [1.29, 1.82) is 0 Å². The van der Waals surface area contributed by atoms with Gasteiger partial charge < -0.3 is 9.47 Å². The van der Waals surface area contributed by atoms with Crippen LogP contribution in [-0.2, 0) is 0 Å². The van der Waals surface area contributed by atoms with Gasteiger partial charge in [0.15, 0.2) is 11.6 Å². The second-order valence-corrected chi connectivity index (χ2v) is 4.68. The van der Waals surface area contributed by atoms with Crippen molar-refractivity contribution in [3.8, 4) is 11.6 Å². The molecule has 5 heteroatoms. The van der Waals surface area contributed by atoms with Crippen molar-refractivity contribution in [2.24, 2.45) is 0 Å². The van der Waals surface area contributed by atoms with Gasteiger partial charge in [-0.1, -0.05) is 24.3 Å². The summed E-state index contributed by atoms with van der Waals surface area (Å²) in [7, 11) is 0. The van der Waals surface area contributed by atoms with E-state index in [9.17, 15) is 4.39 Å². The molecule has 0 bridgehead atoms. The fourth-order valence-electron chi connectivity index (χ4n) is 2.07. The van der Waals surface area contributed by atoms with Crippen molar-refractivity contribution in [2.75, 3.05) is 13.2 Å². The number of ether oxygens (including phenoxy) is 2. The molecule has 3 rings (SSSR count). The van der Waals surface area contributed by atoms with Crippen LogP contribution in [0.4, 0.5) is 4.39 Å². The van der Waals surface area contributed by atoms with Gasteiger partial charge in [0.25, 0.3) is 0 Å². The zero-order valence-electron chi connectivity index (χ0n) is 11.9. The Bertz CT molecular complexity index is 759. The summed E-state index contributed by atoms with van der Waals surface area (Å²) >= 11 is 0. The van der Waals surface area contributed by atoms with Crippen LogP contribution >= 0.6 is 0 Å². The van der Waals surface area contributed by atoms with Crippen molar-refractivity contribution in [2.45, 2.75) is 6.42 Å². The van der Waals surface area contributed by atoms with Crippen LogP contribution in [0.15, 0.2) is 54.9 Å². The molecular weight excluding hydrogens is 283 g/mol. The Morgan fingerprint density at radius 1 is 0.864 bits per heavy atom. The average molecular weight is 298 g/mol. The predicted octanol–water partition coefficient (Wildman–Crippen LogP) is 3.62. The molecule has 22 heavy (non-hydrogen) atoms. The molecule has 1 aromatic heterocycles. The topological polar surface area (TPSA) is 44.2 Å².